The lowest BCUT2D eigenvalue weighted by Crippen LogP contribution is -1.97. The monoisotopic (exact) mass is 287 g/mol. The number of aromatic nitrogens is 1. The molecule has 0 fully saturated rings. The van der Waals surface area contributed by atoms with Gasteiger partial charge in [0.25, 0.3) is 0 Å². The predicted octanol–water partition coefficient (Wildman–Crippen LogP) is 3.64. The average Bonchev–Trinajstić information content (AvgIpc) is 2.53. The first-order valence-electron chi connectivity index (χ1n) is 6.84. The Kier molecular flexibility index (Phi) is 3.59. The van der Waals surface area contributed by atoms with E-state index < -0.39 is 5.97 Å². The third kappa shape index (κ3) is 2.82. The minimum atomic E-state index is -0.949. The molecule has 0 aliphatic carbocycles. The standard InChI is InChI=1S/C19H13NO2/c1-13-6-8-17(19(21)22)11-15(13)9-7-14-10-16-4-2-3-5-18(16)20-12-14/h2-6,8,10-12H,1H3,(H,21,22). The Labute approximate surface area is 128 Å². The van der Waals surface area contributed by atoms with Crippen LogP contribution in [0.1, 0.15) is 27.0 Å². The molecule has 2 aromatic carbocycles. The van der Waals surface area contributed by atoms with Crippen LogP contribution < -0.4 is 0 Å². The fourth-order valence-corrected chi connectivity index (χ4v) is 2.17. The molecular formula is C19H13NO2. The summed E-state index contributed by atoms with van der Waals surface area (Å²) >= 11 is 0. The SMILES string of the molecule is Cc1ccc(C(=O)O)cc1C#Cc1cnc2ccccc2c1. The predicted molar refractivity (Wildman–Crippen MR) is 85.9 cm³/mol. The van der Waals surface area contributed by atoms with E-state index in [9.17, 15) is 4.79 Å². The highest BCUT2D eigenvalue weighted by atomic mass is 16.4. The van der Waals surface area contributed by atoms with Crippen molar-refractivity contribution in [1.82, 2.24) is 4.98 Å². The molecule has 0 amide bonds. The van der Waals surface area contributed by atoms with Gasteiger partial charge in [0.05, 0.1) is 11.1 Å². The Balaban J connectivity index is 2.00. The summed E-state index contributed by atoms with van der Waals surface area (Å²) < 4.78 is 0. The highest BCUT2D eigenvalue weighted by Crippen LogP contribution is 2.13. The Bertz CT molecular complexity index is 933. The number of pyridine rings is 1. The molecular weight excluding hydrogens is 274 g/mol. The van der Waals surface area contributed by atoms with Gasteiger partial charge in [0.15, 0.2) is 0 Å². The number of carboxylic acid groups (broad SMARTS) is 1. The van der Waals surface area contributed by atoms with E-state index in [-0.39, 0.29) is 5.56 Å². The molecule has 0 saturated heterocycles. The lowest BCUT2D eigenvalue weighted by molar-refractivity contribution is 0.0697. The molecule has 0 aliphatic heterocycles. The van der Waals surface area contributed by atoms with Crippen LogP contribution in [0.3, 0.4) is 0 Å². The lowest BCUT2D eigenvalue weighted by atomic mass is 10.0. The minimum Gasteiger partial charge on any atom is -0.478 e. The molecule has 0 spiro atoms. The van der Waals surface area contributed by atoms with Gasteiger partial charge in [0, 0.05) is 22.7 Å². The molecule has 3 aromatic rings. The zero-order chi connectivity index (χ0) is 15.5. The molecule has 0 atom stereocenters. The van der Waals surface area contributed by atoms with Crippen LogP contribution in [0.15, 0.2) is 54.7 Å². The number of hydrogen-bond donors (Lipinski definition) is 1. The smallest absolute Gasteiger partial charge is 0.335 e. The Morgan fingerprint density at radius 1 is 1.09 bits per heavy atom. The Morgan fingerprint density at radius 2 is 1.91 bits per heavy atom. The van der Waals surface area contributed by atoms with Gasteiger partial charge in [-0.3, -0.25) is 4.98 Å². The van der Waals surface area contributed by atoms with Crippen molar-refractivity contribution in [2.75, 3.05) is 0 Å². The molecule has 0 bridgehead atoms. The summed E-state index contributed by atoms with van der Waals surface area (Å²) in [5.74, 6) is 5.14. The van der Waals surface area contributed by atoms with Crippen LogP contribution in [0.2, 0.25) is 0 Å². The van der Waals surface area contributed by atoms with Gasteiger partial charge in [0.2, 0.25) is 0 Å². The largest absolute Gasteiger partial charge is 0.478 e. The second-order valence-corrected chi connectivity index (χ2v) is 5.00. The van der Waals surface area contributed by atoms with Crippen molar-refractivity contribution < 1.29 is 9.90 Å². The summed E-state index contributed by atoms with van der Waals surface area (Å²) in [4.78, 5) is 15.4. The van der Waals surface area contributed by atoms with Crippen LogP contribution in [0.25, 0.3) is 10.9 Å². The van der Waals surface area contributed by atoms with Crippen LogP contribution >= 0.6 is 0 Å². The quantitative estimate of drug-likeness (QED) is 0.695. The highest BCUT2D eigenvalue weighted by Gasteiger charge is 2.04. The molecule has 3 rings (SSSR count). The van der Waals surface area contributed by atoms with Crippen molar-refractivity contribution in [2.24, 2.45) is 0 Å². The van der Waals surface area contributed by atoms with E-state index in [1.807, 2.05) is 37.3 Å². The molecule has 1 aromatic heterocycles. The maximum Gasteiger partial charge on any atom is 0.335 e. The Hall–Kier alpha value is -3.12. The van der Waals surface area contributed by atoms with Gasteiger partial charge in [0.1, 0.15) is 0 Å². The van der Waals surface area contributed by atoms with Crippen molar-refractivity contribution in [2.45, 2.75) is 6.92 Å². The van der Waals surface area contributed by atoms with Crippen molar-refractivity contribution in [3.63, 3.8) is 0 Å². The first-order chi connectivity index (χ1) is 10.6. The maximum atomic E-state index is 11.0. The third-order valence-electron chi connectivity index (χ3n) is 3.42. The summed E-state index contributed by atoms with van der Waals surface area (Å²) in [6.07, 6.45) is 1.73. The number of aromatic carboxylic acids is 1. The third-order valence-corrected chi connectivity index (χ3v) is 3.42. The number of rotatable bonds is 1. The molecule has 22 heavy (non-hydrogen) atoms. The van der Waals surface area contributed by atoms with Gasteiger partial charge < -0.3 is 5.11 Å². The van der Waals surface area contributed by atoms with E-state index in [0.717, 1.165) is 22.0 Å². The molecule has 0 aliphatic rings. The molecule has 0 unspecified atom stereocenters. The molecule has 0 saturated carbocycles. The van der Waals surface area contributed by atoms with Crippen molar-refractivity contribution in [1.29, 1.82) is 0 Å². The van der Waals surface area contributed by atoms with Crippen molar-refractivity contribution in [3.05, 3.63) is 77.0 Å². The number of hydrogen-bond acceptors (Lipinski definition) is 2. The summed E-state index contributed by atoms with van der Waals surface area (Å²) in [6, 6.07) is 14.8. The van der Waals surface area contributed by atoms with E-state index in [0.29, 0.717) is 5.56 Å². The van der Waals surface area contributed by atoms with E-state index in [2.05, 4.69) is 16.8 Å². The number of carboxylic acids is 1. The fourth-order valence-electron chi connectivity index (χ4n) is 2.17. The van der Waals surface area contributed by atoms with Crippen molar-refractivity contribution in [3.8, 4) is 11.8 Å². The highest BCUT2D eigenvalue weighted by molar-refractivity contribution is 5.88. The number of para-hydroxylation sites is 1. The molecule has 0 radical (unpaired) electrons. The summed E-state index contributed by atoms with van der Waals surface area (Å²) in [5, 5.41) is 10.1. The second kappa shape index (κ2) is 5.71. The number of nitrogens with zero attached hydrogens (tertiary/aromatic N) is 1. The van der Waals surface area contributed by atoms with E-state index in [1.165, 1.54) is 0 Å². The first kappa shape index (κ1) is 13.8. The van der Waals surface area contributed by atoms with E-state index in [4.69, 9.17) is 5.11 Å². The summed E-state index contributed by atoms with van der Waals surface area (Å²) in [7, 11) is 0. The Morgan fingerprint density at radius 3 is 2.73 bits per heavy atom. The second-order valence-electron chi connectivity index (χ2n) is 5.00. The zero-order valence-corrected chi connectivity index (χ0v) is 12.0. The maximum absolute atomic E-state index is 11.0. The molecule has 3 nitrogen and oxygen atoms in total. The number of carbonyl (C=O) groups is 1. The first-order valence-corrected chi connectivity index (χ1v) is 6.84. The number of fused-ring (bicyclic) bond motifs is 1. The van der Waals surface area contributed by atoms with Gasteiger partial charge >= 0.3 is 5.97 Å². The van der Waals surface area contributed by atoms with Crippen molar-refractivity contribution >= 4 is 16.9 Å². The van der Waals surface area contributed by atoms with Gasteiger partial charge in [-0.2, -0.15) is 0 Å². The number of aryl methyl sites for hydroxylation is 1. The van der Waals surface area contributed by atoms with Crippen LogP contribution in [-0.4, -0.2) is 16.1 Å². The van der Waals surface area contributed by atoms with E-state index >= 15 is 0 Å². The van der Waals surface area contributed by atoms with E-state index in [1.54, 1.807) is 24.4 Å². The van der Waals surface area contributed by atoms with Gasteiger partial charge in [-0.05, 0) is 36.8 Å². The summed E-state index contributed by atoms with van der Waals surface area (Å²) in [6.45, 7) is 1.91. The zero-order valence-electron chi connectivity index (χ0n) is 12.0. The summed E-state index contributed by atoms with van der Waals surface area (Å²) in [5.41, 5.74) is 3.64. The van der Waals surface area contributed by atoms with Crippen LogP contribution in [0.5, 0.6) is 0 Å². The van der Waals surface area contributed by atoms with Gasteiger partial charge in [-0.25, -0.2) is 4.79 Å². The normalized spacial score (nSPS) is 10.0. The topological polar surface area (TPSA) is 50.2 Å². The van der Waals surface area contributed by atoms with Crippen LogP contribution in [0.4, 0.5) is 0 Å². The molecule has 3 heteroatoms. The molecule has 1 N–H and O–H groups in total. The average molecular weight is 287 g/mol. The fraction of sp³-hybridized carbons (Fsp3) is 0.0526. The van der Waals surface area contributed by atoms with Gasteiger partial charge in [-0.1, -0.05) is 36.1 Å². The number of benzene rings is 2. The minimum absolute atomic E-state index is 0.242. The molecule has 106 valence electrons. The lowest BCUT2D eigenvalue weighted by Gasteiger charge is -2.00. The molecule has 1 heterocycles. The van der Waals surface area contributed by atoms with Crippen LogP contribution in [-0.2, 0) is 0 Å². The van der Waals surface area contributed by atoms with Gasteiger partial charge in [-0.15, -0.1) is 0 Å². The van der Waals surface area contributed by atoms with Crippen LogP contribution in [0, 0.1) is 18.8 Å².